The van der Waals surface area contributed by atoms with Gasteiger partial charge in [-0.2, -0.15) is 0 Å². The summed E-state index contributed by atoms with van der Waals surface area (Å²) >= 11 is 0. The second kappa shape index (κ2) is 8.92. The third-order valence-electron chi connectivity index (χ3n) is 5.95. The van der Waals surface area contributed by atoms with Crippen molar-refractivity contribution in [1.82, 2.24) is 25.3 Å². The van der Waals surface area contributed by atoms with Gasteiger partial charge in [0.05, 0.1) is 5.69 Å². The number of fused-ring (bicyclic) bond motifs is 1. The number of nitrogens with one attached hydrogen (secondary N) is 1. The van der Waals surface area contributed by atoms with Gasteiger partial charge in [0.1, 0.15) is 5.82 Å². The number of hydrogen-bond donors (Lipinski definition) is 2. The van der Waals surface area contributed by atoms with E-state index in [1.54, 1.807) is 0 Å². The molecule has 28 heavy (non-hydrogen) atoms. The number of rotatable bonds is 6. The zero-order valence-corrected chi connectivity index (χ0v) is 16.6. The largest absolute Gasteiger partial charge is 0.396 e. The van der Waals surface area contributed by atoms with E-state index in [0.29, 0.717) is 12.5 Å². The molecule has 0 spiro atoms. The van der Waals surface area contributed by atoms with E-state index >= 15 is 0 Å². The van der Waals surface area contributed by atoms with Crippen LogP contribution in [-0.2, 0) is 19.4 Å². The number of aliphatic hydroxyl groups excluding tert-OH is 1. The summed E-state index contributed by atoms with van der Waals surface area (Å²) in [6.07, 6.45) is 12.0. The molecule has 0 radical (unpaired) electrons. The zero-order chi connectivity index (χ0) is 19.3. The third kappa shape index (κ3) is 4.31. The van der Waals surface area contributed by atoms with Crippen LogP contribution in [0.25, 0.3) is 0 Å². The lowest BCUT2D eigenvalue weighted by atomic mass is 9.92. The molecule has 3 heterocycles. The minimum atomic E-state index is 0.281. The molecule has 2 aliphatic rings. The number of nitrogens with zero attached hydrogens (tertiary/aromatic N) is 5. The van der Waals surface area contributed by atoms with Crippen molar-refractivity contribution in [3.8, 4) is 0 Å². The molecule has 0 unspecified atom stereocenters. The molecule has 150 valence electrons. The van der Waals surface area contributed by atoms with Gasteiger partial charge in [-0.15, -0.1) is 0 Å². The van der Waals surface area contributed by atoms with Crippen molar-refractivity contribution < 1.29 is 5.11 Å². The van der Waals surface area contributed by atoms with Crippen LogP contribution in [0, 0.1) is 5.92 Å². The lowest BCUT2D eigenvalue weighted by molar-refractivity contribution is 0.202. The molecule has 1 aliphatic heterocycles. The Bertz CT molecular complexity index is 773. The maximum atomic E-state index is 9.33. The van der Waals surface area contributed by atoms with E-state index in [1.165, 1.54) is 11.3 Å². The van der Waals surface area contributed by atoms with Crippen molar-refractivity contribution in [3.05, 3.63) is 41.2 Å². The molecule has 2 aromatic rings. The number of hydrogen-bond acceptors (Lipinski definition) is 7. The van der Waals surface area contributed by atoms with Gasteiger partial charge in [0, 0.05) is 68.4 Å². The van der Waals surface area contributed by atoms with Crippen LogP contribution in [0.2, 0.25) is 0 Å². The highest BCUT2D eigenvalue weighted by atomic mass is 16.3. The maximum absolute atomic E-state index is 9.33. The predicted octanol–water partition coefficient (Wildman–Crippen LogP) is 2.20. The topological polar surface area (TPSA) is 87.1 Å². The number of anilines is 1. The molecule has 0 amide bonds. The Morgan fingerprint density at radius 2 is 1.89 bits per heavy atom. The standard InChI is InChI=1S/C21H30N6O/c1-2-20-23-11-16(12-24-20)10-22-18-4-3-5-19-17(18)13-25-21(26-19)27-8-6-15(14-28)7-9-27/h11-13,15,18,22,28H,2-10,14H2,1H3/t18-/m0/s1. The average molecular weight is 383 g/mol. The van der Waals surface area contributed by atoms with E-state index in [9.17, 15) is 5.11 Å². The van der Waals surface area contributed by atoms with Crippen LogP contribution in [0.3, 0.4) is 0 Å². The van der Waals surface area contributed by atoms with Crippen LogP contribution in [0.1, 0.15) is 61.3 Å². The van der Waals surface area contributed by atoms with Gasteiger partial charge in [-0.1, -0.05) is 6.92 Å². The summed E-state index contributed by atoms with van der Waals surface area (Å²) in [6, 6.07) is 0.281. The minimum absolute atomic E-state index is 0.281. The van der Waals surface area contributed by atoms with Gasteiger partial charge in [-0.05, 0) is 38.0 Å². The number of aryl methyl sites for hydroxylation is 2. The Kier molecular flexibility index (Phi) is 6.12. The third-order valence-corrected chi connectivity index (χ3v) is 5.95. The van der Waals surface area contributed by atoms with Crippen molar-refractivity contribution >= 4 is 5.95 Å². The van der Waals surface area contributed by atoms with E-state index in [1.807, 2.05) is 18.6 Å². The van der Waals surface area contributed by atoms with Crippen LogP contribution in [-0.4, -0.2) is 44.7 Å². The van der Waals surface area contributed by atoms with Crippen molar-refractivity contribution in [2.45, 2.75) is 58.0 Å². The summed E-state index contributed by atoms with van der Waals surface area (Å²) in [7, 11) is 0. The summed E-state index contributed by atoms with van der Waals surface area (Å²) in [4.78, 5) is 20.6. The Hall–Kier alpha value is -2.12. The molecule has 7 heteroatoms. The van der Waals surface area contributed by atoms with Crippen molar-refractivity contribution in [2.75, 3.05) is 24.6 Å². The molecular weight excluding hydrogens is 352 g/mol. The Morgan fingerprint density at radius 3 is 2.61 bits per heavy atom. The van der Waals surface area contributed by atoms with Gasteiger partial charge in [-0.25, -0.2) is 19.9 Å². The lowest BCUT2D eigenvalue weighted by Gasteiger charge is -2.32. The molecule has 1 aliphatic carbocycles. The van der Waals surface area contributed by atoms with Gasteiger partial charge in [-0.3, -0.25) is 0 Å². The van der Waals surface area contributed by atoms with Crippen LogP contribution >= 0.6 is 0 Å². The monoisotopic (exact) mass is 382 g/mol. The van der Waals surface area contributed by atoms with Gasteiger partial charge in [0.2, 0.25) is 5.95 Å². The normalized spacial score (nSPS) is 20.2. The minimum Gasteiger partial charge on any atom is -0.396 e. The molecule has 1 saturated heterocycles. The van der Waals surface area contributed by atoms with E-state index in [2.05, 4.69) is 32.1 Å². The van der Waals surface area contributed by atoms with Crippen LogP contribution < -0.4 is 10.2 Å². The Morgan fingerprint density at radius 1 is 1.11 bits per heavy atom. The van der Waals surface area contributed by atoms with E-state index < -0.39 is 0 Å². The first-order chi connectivity index (χ1) is 13.8. The smallest absolute Gasteiger partial charge is 0.225 e. The molecule has 2 aromatic heterocycles. The molecule has 2 N–H and O–H groups in total. The molecule has 0 saturated carbocycles. The molecule has 1 fully saturated rings. The SMILES string of the molecule is CCc1ncc(CN[C@H]2CCCc3nc(N4CCC(CO)CC4)ncc32)cn1. The van der Waals surface area contributed by atoms with Gasteiger partial charge >= 0.3 is 0 Å². The molecule has 7 nitrogen and oxygen atoms in total. The van der Waals surface area contributed by atoms with E-state index in [0.717, 1.165) is 75.5 Å². The summed E-state index contributed by atoms with van der Waals surface area (Å²) < 4.78 is 0. The molecule has 0 bridgehead atoms. The summed E-state index contributed by atoms with van der Waals surface area (Å²) in [5, 5.41) is 13.0. The number of piperidine rings is 1. The number of aliphatic hydroxyl groups is 1. The predicted molar refractivity (Wildman–Crippen MR) is 108 cm³/mol. The van der Waals surface area contributed by atoms with Gasteiger partial charge < -0.3 is 15.3 Å². The Labute approximate surface area is 166 Å². The highest BCUT2D eigenvalue weighted by Gasteiger charge is 2.25. The first-order valence-corrected chi connectivity index (χ1v) is 10.5. The fraction of sp³-hybridized carbons (Fsp3) is 0.619. The lowest BCUT2D eigenvalue weighted by Crippen LogP contribution is -2.36. The first kappa shape index (κ1) is 19.2. The zero-order valence-electron chi connectivity index (χ0n) is 16.6. The Balaban J connectivity index is 1.41. The first-order valence-electron chi connectivity index (χ1n) is 10.5. The molecule has 4 rings (SSSR count). The molecule has 0 aromatic carbocycles. The van der Waals surface area contributed by atoms with Gasteiger partial charge in [0.15, 0.2) is 0 Å². The van der Waals surface area contributed by atoms with Crippen molar-refractivity contribution in [2.24, 2.45) is 5.92 Å². The van der Waals surface area contributed by atoms with Crippen LogP contribution in [0.4, 0.5) is 5.95 Å². The quantitative estimate of drug-likeness (QED) is 0.792. The van der Waals surface area contributed by atoms with Crippen LogP contribution in [0.15, 0.2) is 18.6 Å². The van der Waals surface area contributed by atoms with E-state index in [-0.39, 0.29) is 6.04 Å². The second-order valence-electron chi connectivity index (χ2n) is 7.87. The summed E-state index contributed by atoms with van der Waals surface area (Å²) in [6.45, 7) is 4.97. The summed E-state index contributed by atoms with van der Waals surface area (Å²) in [5.41, 5.74) is 3.51. The van der Waals surface area contributed by atoms with Crippen molar-refractivity contribution in [3.63, 3.8) is 0 Å². The summed E-state index contributed by atoms with van der Waals surface area (Å²) in [5.74, 6) is 2.16. The number of aromatic nitrogens is 4. The molecule has 1 atom stereocenters. The maximum Gasteiger partial charge on any atom is 0.225 e. The average Bonchev–Trinajstić information content (AvgIpc) is 2.77. The second-order valence-corrected chi connectivity index (χ2v) is 7.87. The fourth-order valence-electron chi connectivity index (χ4n) is 4.11. The van der Waals surface area contributed by atoms with E-state index in [4.69, 9.17) is 4.98 Å². The van der Waals surface area contributed by atoms with Crippen LogP contribution in [0.5, 0.6) is 0 Å². The fourth-order valence-corrected chi connectivity index (χ4v) is 4.11. The molecular formula is C21H30N6O. The highest BCUT2D eigenvalue weighted by Crippen LogP contribution is 2.30. The van der Waals surface area contributed by atoms with Crippen molar-refractivity contribution in [1.29, 1.82) is 0 Å². The highest BCUT2D eigenvalue weighted by molar-refractivity contribution is 5.36. The van der Waals surface area contributed by atoms with Gasteiger partial charge in [0.25, 0.3) is 0 Å².